The van der Waals surface area contributed by atoms with Crippen molar-refractivity contribution < 1.29 is 24.2 Å². The summed E-state index contributed by atoms with van der Waals surface area (Å²) in [4.78, 5) is 36.5. The molecule has 1 unspecified atom stereocenters. The Labute approximate surface area is 194 Å². The van der Waals surface area contributed by atoms with Gasteiger partial charge in [0.05, 0.1) is 5.92 Å². The van der Waals surface area contributed by atoms with Crippen LogP contribution >= 0.6 is 0 Å². The number of alkyl carbamates (subject to hydrolysis) is 1. The van der Waals surface area contributed by atoms with Gasteiger partial charge in [-0.15, -0.1) is 0 Å². The maximum absolute atomic E-state index is 12.6. The first kappa shape index (κ1) is 24.3. The van der Waals surface area contributed by atoms with Crippen LogP contribution in [0, 0.1) is 5.92 Å². The van der Waals surface area contributed by atoms with Gasteiger partial charge in [0.2, 0.25) is 5.91 Å². The molecular formula is C26H32N2O5. The smallest absolute Gasteiger partial charge is 0.407 e. The Bertz CT molecular complexity index is 945. The SMILES string of the molecule is CCCC(CNC(=O)[C@H](CCC)NC(=O)OCC1c2ccccc2-c2ccccc21)C(=O)O. The van der Waals surface area contributed by atoms with Gasteiger partial charge < -0.3 is 20.5 Å². The Kier molecular flexibility index (Phi) is 8.46. The van der Waals surface area contributed by atoms with Crippen LogP contribution in [0.4, 0.5) is 4.79 Å². The minimum Gasteiger partial charge on any atom is -0.481 e. The molecule has 0 aromatic heterocycles. The van der Waals surface area contributed by atoms with E-state index in [-0.39, 0.29) is 19.1 Å². The van der Waals surface area contributed by atoms with Crippen LogP contribution in [0.1, 0.15) is 56.6 Å². The quantitative estimate of drug-likeness (QED) is 0.471. The number of carbonyl (C=O) groups excluding carboxylic acids is 2. The first-order valence-electron chi connectivity index (χ1n) is 11.6. The molecule has 2 atom stereocenters. The number of carbonyl (C=O) groups is 3. The van der Waals surface area contributed by atoms with Gasteiger partial charge in [0.25, 0.3) is 0 Å². The van der Waals surface area contributed by atoms with Crippen molar-refractivity contribution >= 4 is 18.0 Å². The van der Waals surface area contributed by atoms with Crippen LogP contribution in [0.15, 0.2) is 48.5 Å². The van der Waals surface area contributed by atoms with E-state index in [0.717, 1.165) is 22.3 Å². The van der Waals surface area contributed by atoms with E-state index in [1.165, 1.54) is 0 Å². The van der Waals surface area contributed by atoms with E-state index in [1.54, 1.807) is 0 Å². The van der Waals surface area contributed by atoms with Crippen LogP contribution in [0.5, 0.6) is 0 Å². The van der Waals surface area contributed by atoms with Gasteiger partial charge >= 0.3 is 12.1 Å². The standard InChI is InChI=1S/C26H32N2O5/c1-3-9-17(25(30)31)15-27-24(29)23(10-4-2)28-26(32)33-16-22-20-13-7-5-11-18(20)19-12-6-8-14-21(19)22/h5-8,11-14,17,22-23H,3-4,9-10,15-16H2,1-2H3,(H,27,29)(H,28,32)(H,30,31)/t17?,23-/m0/s1. The third-order valence-corrected chi connectivity index (χ3v) is 6.04. The number of fused-ring (bicyclic) bond motifs is 3. The molecule has 3 rings (SSSR count). The van der Waals surface area contributed by atoms with Gasteiger partial charge in [0, 0.05) is 12.5 Å². The first-order chi connectivity index (χ1) is 16.0. The molecule has 0 aliphatic heterocycles. The molecule has 33 heavy (non-hydrogen) atoms. The Morgan fingerprint density at radius 2 is 1.52 bits per heavy atom. The van der Waals surface area contributed by atoms with E-state index in [1.807, 2.05) is 50.2 Å². The molecule has 176 valence electrons. The summed E-state index contributed by atoms with van der Waals surface area (Å²) in [5.41, 5.74) is 4.52. The lowest BCUT2D eigenvalue weighted by atomic mass is 9.98. The molecule has 7 heteroatoms. The number of carboxylic acid groups (broad SMARTS) is 1. The van der Waals surface area contributed by atoms with Crippen LogP contribution < -0.4 is 10.6 Å². The van der Waals surface area contributed by atoms with Crippen molar-refractivity contribution in [2.75, 3.05) is 13.2 Å². The molecule has 0 spiro atoms. The summed E-state index contributed by atoms with van der Waals surface area (Å²) in [5.74, 6) is -2.04. The number of hydrogen-bond acceptors (Lipinski definition) is 4. The van der Waals surface area contributed by atoms with Crippen molar-refractivity contribution in [3.05, 3.63) is 59.7 Å². The zero-order valence-corrected chi connectivity index (χ0v) is 19.2. The van der Waals surface area contributed by atoms with Crippen molar-refractivity contribution in [1.29, 1.82) is 0 Å². The van der Waals surface area contributed by atoms with E-state index in [0.29, 0.717) is 25.7 Å². The van der Waals surface area contributed by atoms with Crippen molar-refractivity contribution in [3.8, 4) is 11.1 Å². The Hall–Kier alpha value is -3.35. The predicted molar refractivity (Wildman–Crippen MR) is 126 cm³/mol. The molecule has 2 amide bonds. The van der Waals surface area contributed by atoms with Crippen molar-refractivity contribution in [2.45, 2.75) is 51.5 Å². The van der Waals surface area contributed by atoms with Gasteiger partial charge in [-0.05, 0) is 35.1 Å². The number of hydrogen-bond donors (Lipinski definition) is 3. The van der Waals surface area contributed by atoms with Gasteiger partial charge in [0.15, 0.2) is 0 Å². The van der Waals surface area contributed by atoms with E-state index >= 15 is 0 Å². The molecule has 0 radical (unpaired) electrons. The second kappa shape index (κ2) is 11.5. The molecule has 2 aromatic carbocycles. The molecule has 0 bridgehead atoms. The summed E-state index contributed by atoms with van der Waals surface area (Å²) >= 11 is 0. The number of nitrogens with one attached hydrogen (secondary N) is 2. The average Bonchev–Trinajstić information content (AvgIpc) is 3.13. The minimum absolute atomic E-state index is 0.0363. The van der Waals surface area contributed by atoms with Crippen molar-refractivity contribution in [1.82, 2.24) is 10.6 Å². The molecule has 0 fully saturated rings. The Morgan fingerprint density at radius 1 is 0.939 bits per heavy atom. The highest BCUT2D eigenvalue weighted by atomic mass is 16.5. The fourth-order valence-electron chi connectivity index (χ4n) is 4.35. The van der Waals surface area contributed by atoms with Crippen LogP contribution in [0.2, 0.25) is 0 Å². The van der Waals surface area contributed by atoms with Crippen molar-refractivity contribution in [3.63, 3.8) is 0 Å². The zero-order valence-electron chi connectivity index (χ0n) is 19.2. The van der Waals surface area contributed by atoms with E-state index in [4.69, 9.17) is 4.74 Å². The van der Waals surface area contributed by atoms with Crippen LogP contribution in [-0.2, 0) is 14.3 Å². The third-order valence-electron chi connectivity index (χ3n) is 6.04. The lowest BCUT2D eigenvalue weighted by molar-refractivity contribution is -0.142. The monoisotopic (exact) mass is 452 g/mol. The number of benzene rings is 2. The number of aliphatic carboxylic acids is 1. The van der Waals surface area contributed by atoms with Gasteiger partial charge in [-0.25, -0.2) is 4.79 Å². The highest BCUT2D eigenvalue weighted by molar-refractivity contribution is 5.86. The number of carboxylic acids is 1. The molecule has 2 aromatic rings. The van der Waals surface area contributed by atoms with Gasteiger partial charge in [-0.2, -0.15) is 0 Å². The lowest BCUT2D eigenvalue weighted by Gasteiger charge is -2.20. The second-order valence-corrected chi connectivity index (χ2v) is 8.38. The van der Waals surface area contributed by atoms with E-state index in [2.05, 4.69) is 22.8 Å². The number of ether oxygens (including phenoxy) is 1. The normalized spacial score (nSPS) is 14.0. The fraction of sp³-hybridized carbons (Fsp3) is 0.423. The molecule has 1 aliphatic rings. The molecule has 0 heterocycles. The van der Waals surface area contributed by atoms with Crippen LogP contribution in [0.25, 0.3) is 11.1 Å². The largest absolute Gasteiger partial charge is 0.481 e. The maximum atomic E-state index is 12.6. The summed E-state index contributed by atoms with van der Waals surface area (Å²) in [6.45, 7) is 4.01. The van der Waals surface area contributed by atoms with Crippen molar-refractivity contribution in [2.24, 2.45) is 5.92 Å². The minimum atomic E-state index is -0.936. The molecule has 7 nitrogen and oxygen atoms in total. The summed E-state index contributed by atoms with van der Waals surface area (Å²) in [7, 11) is 0. The van der Waals surface area contributed by atoms with Gasteiger partial charge in [-0.1, -0.05) is 75.2 Å². The van der Waals surface area contributed by atoms with E-state index in [9.17, 15) is 19.5 Å². The second-order valence-electron chi connectivity index (χ2n) is 8.38. The summed E-state index contributed by atoms with van der Waals surface area (Å²) in [5, 5.41) is 14.6. The fourth-order valence-corrected chi connectivity index (χ4v) is 4.35. The molecule has 3 N–H and O–H groups in total. The topological polar surface area (TPSA) is 105 Å². The highest BCUT2D eigenvalue weighted by Gasteiger charge is 2.30. The third kappa shape index (κ3) is 5.92. The van der Waals surface area contributed by atoms with Gasteiger partial charge in [-0.3, -0.25) is 9.59 Å². The lowest BCUT2D eigenvalue weighted by Crippen LogP contribution is -2.48. The summed E-state index contributed by atoms with van der Waals surface area (Å²) in [6, 6.07) is 15.4. The Morgan fingerprint density at radius 3 is 2.06 bits per heavy atom. The molecular weight excluding hydrogens is 420 g/mol. The van der Waals surface area contributed by atoms with Gasteiger partial charge in [0.1, 0.15) is 12.6 Å². The average molecular weight is 453 g/mol. The molecule has 0 saturated heterocycles. The zero-order chi connectivity index (χ0) is 23.8. The van der Waals surface area contributed by atoms with E-state index < -0.39 is 29.9 Å². The van der Waals surface area contributed by atoms with Crippen LogP contribution in [-0.4, -0.2) is 42.3 Å². The van der Waals surface area contributed by atoms with Crippen LogP contribution in [0.3, 0.4) is 0 Å². The number of rotatable bonds is 11. The summed E-state index contributed by atoms with van der Waals surface area (Å²) < 4.78 is 5.54. The Balaban J connectivity index is 1.59. The first-order valence-corrected chi connectivity index (χ1v) is 11.6. The predicted octanol–water partition coefficient (Wildman–Crippen LogP) is 4.31. The number of amides is 2. The molecule has 0 saturated carbocycles. The summed E-state index contributed by atoms with van der Waals surface area (Å²) in [6.07, 6.45) is 1.64. The maximum Gasteiger partial charge on any atom is 0.407 e. The molecule has 1 aliphatic carbocycles. The highest BCUT2D eigenvalue weighted by Crippen LogP contribution is 2.44.